The molecule has 1 N–H and O–H groups in total. The molecule has 1 saturated carbocycles. The van der Waals surface area contributed by atoms with Crippen LogP contribution in [0.25, 0.3) is 0 Å². The number of anilines is 1. The van der Waals surface area contributed by atoms with E-state index in [0.29, 0.717) is 0 Å². The Kier molecular flexibility index (Phi) is 4.85. The van der Waals surface area contributed by atoms with Gasteiger partial charge >= 0.3 is 0 Å². The Morgan fingerprint density at radius 2 is 1.83 bits per heavy atom. The number of halogens is 2. The zero-order valence-electron chi connectivity index (χ0n) is 13.1. The first-order valence-electron chi connectivity index (χ1n) is 8.07. The fourth-order valence-corrected chi connectivity index (χ4v) is 3.63. The van der Waals surface area contributed by atoms with E-state index in [1.165, 1.54) is 17.0 Å². The average Bonchev–Trinajstić information content (AvgIpc) is 2.80. The normalized spacial score (nSPS) is 23.3. The van der Waals surface area contributed by atoms with Crippen LogP contribution in [0.1, 0.15) is 32.1 Å². The molecule has 1 aromatic rings. The molecule has 0 spiro atoms. The summed E-state index contributed by atoms with van der Waals surface area (Å²) < 4.78 is 13.7. The zero-order chi connectivity index (χ0) is 17.3. The molecule has 24 heavy (non-hydrogen) atoms. The highest BCUT2D eigenvalue weighted by Crippen LogP contribution is 2.38. The van der Waals surface area contributed by atoms with E-state index in [1.54, 1.807) is 0 Å². The van der Waals surface area contributed by atoms with Crippen LogP contribution in [0, 0.1) is 17.7 Å². The maximum absolute atomic E-state index is 13.7. The van der Waals surface area contributed by atoms with Gasteiger partial charge in [-0.05, 0) is 31.0 Å². The van der Waals surface area contributed by atoms with Crippen molar-refractivity contribution in [3.8, 4) is 0 Å². The van der Waals surface area contributed by atoms with Gasteiger partial charge in [-0.1, -0.05) is 24.4 Å². The highest BCUT2D eigenvalue weighted by Gasteiger charge is 2.47. The number of hydrogen-bond acceptors (Lipinski definition) is 3. The predicted molar refractivity (Wildman–Crippen MR) is 86.8 cm³/mol. The van der Waals surface area contributed by atoms with E-state index in [1.807, 2.05) is 0 Å². The Morgan fingerprint density at radius 1 is 1.21 bits per heavy atom. The van der Waals surface area contributed by atoms with Gasteiger partial charge in [-0.3, -0.25) is 19.3 Å². The van der Waals surface area contributed by atoms with Crippen LogP contribution in [-0.4, -0.2) is 29.2 Å². The molecular weight excluding hydrogens is 335 g/mol. The summed E-state index contributed by atoms with van der Waals surface area (Å²) in [5.41, 5.74) is 0.0251. The van der Waals surface area contributed by atoms with E-state index in [9.17, 15) is 18.8 Å². The third kappa shape index (κ3) is 3.29. The molecule has 2 aliphatic rings. The summed E-state index contributed by atoms with van der Waals surface area (Å²) in [6.07, 6.45) is 3.36. The molecule has 128 valence electrons. The molecule has 3 amide bonds. The molecule has 0 radical (unpaired) electrons. The van der Waals surface area contributed by atoms with Crippen molar-refractivity contribution in [1.82, 2.24) is 4.90 Å². The van der Waals surface area contributed by atoms with Crippen molar-refractivity contribution in [2.24, 2.45) is 11.8 Å². The molecule has 0 aromatic heterocycles. The van der Waals surface area contributed by atoms with Gasteiger partial charge in [-0.15, -0.1) is 0 Å². The van der Waals surface area contributed by atoms with Crippen LogP contribution in [0.15, 0.2) is 18.2 Å². The van der Waals surface area contributed by atoms with Crippen molar-refractivity contribution in [2.75, 3.05) is 11.9 Å². The van der Waals surface area contributed by atoms with Gasteiger partial charge in [-0.2, -0.15) is 0 Å². The van der Waals surface area contributed by atoms with Gasteiger partial charge in [0.25, 0.3) is 0 Å². The number of benzene rings is 1. The number of nitrogens with one attached hydrogen (secondary N) is 1. The summed E-state index contributed by atoms with van der Waals surface area (Å²) >= 11 is 5.66. The van der Waals surface area contributed by atoms with E-state index in [2.05, 4.69) is 5.32 Å². The fourth-order valence-electron chi connectivity index (χ4n) is 3.47. The van der Waals surface area contributed by atoms with Crippen molar-refractivity contribution < 1.29 is 18.8 Å². The fraction of sp³-hybridized carbons (Fsp3) is 0.471. The Bertz CT molecular complexity index is 670. The Hall–Kier alpha value is -1.95. The quantitative estimate of drug-likeness (QED) is 0.847. The second-order valence-corrected chi connectivity index (χ2v) is 6.68. The van der Waals surface area contributed by atoms with Gasteiger partial charge in [0.1, 0.15) is 5.82 Å². The summed E-state index contributed by atoms with van der Waals surface area (Å²) in [4.78, 5) is 37.8. The number of rotatable bonds is 4. The van der Waals surface area contributed by atoms with Crippen LogP contribution in [0.2, 0.25) is 5.02 Å². The van der Waals surface area contributed by atoms with Gasteiger partial charge in [0.05, 0.1) is 17.5 Å². The highest BCUT2D eigenvalue weighted by molar-refractivity contribution is 6.30. The van der Waals surface area contributed by atoms with E-state index in [-0.39, 0.29) is 47.3 Å². The molecule has 1 aromatic carbocycles. The summed E-state index contributed by atoms with van der Waals surface area (Å²) in [6, 6.07) is 3.95. The first-order valence-corrected chi connectivity index (χ1v) is 8.45. The topological polar surface area (TPSA) is 66.5 Å². The number of likely N-dealkylation sites (tertiary alicyclic amines) is 1. The minimum Gasteiger partial charge on any atom is -0.324 e. The van der Waals surface area contributed by atoms with Crippen LogP contribution < -0.4 is 5.32 Å². The predicted octanol–water partition coefficient (Wildman–Crippen LogP) is 2.98. The summed E-state index contributed by atoms with van der Waals surface area (Å²) in [5, 5.41) is 2.67. The summed E-state index contributed by atoms with van der Waals surface area (Å²) in [5.74, 6) is -1.86. The van der Waals surface area contributed by atoms with Crippen LogP contribution in [0.5, 0.6) is 0 Å². The van der Waals surface area contributed by atoms with Crippen LogP contribution in [0.4, 0.5) is 10.1 Å². The molecule has 0 bridgehead atoms. The Labute approximate surface area is 144 Å². The third-order valence-corrected chi connectivity index (χ3v) is 4.94. The third-order valence-electron chi connectivity index (χ3n) is 4.70. The van der Waals surface area contributed by atoms with Crippen LogP contribution in [-0.2, 0) is 14.4 Å². The number of hydrogen-bond donors (Lipinski definition) is 1. The first-order chi connectivity index (χ1) is 11.5. The molecule has 2 fully saturated rings. The minimum atomic E-state index is -0.629. The zero-order valence-corrected chi connectivity index (χ0v) is 13.8. The maximum Gasteiger partial charge on any atom is 0.233 e. The van der Waals surface area contributed by atoms with Gasteiger partial charge < -0.3 is 5.32 Å². The summed E-state index contributed by atoms with van der Waals surface area (Å²) in [7, 11) is 0. The molecule has 5 nitrogen and oxygen atoms in total. The molecule has 1 aliphatic carbocycles. The lowest BCUT2D eigenvalue weighted by molar-refractivity contribution is -0.140. The Balaban J connectivity index is 1.58. The smallest absolute Gasteiger partial charge is 0.233 e. The molecular formula is C17H18ClFN2O3. The monoisotopic (exact) mass is 352 g/mol. The second-order valence-electron chi connectivity index (χ2n) is 6.25. The number of imide groups is 1. The molecule has 3 rings (SSSR count). The van der Waals surface area contributed by atoms with Crippen LogP contribution >= 0.6 is 11.6 Å². The number of carbonyl (C=O) groups excluding carboxylic acids is 3. The number of nitrogens with zero attached hydrogens (tertiary/aromatic N) is 1. The molecule has 1 heterocycles. The molecule has 7 heteroatoms. The standard InChI is InChI=1S/C17H18ClFN2O3/c18-10-5-6-14(13(19)9-10)20-15(22)7-8-21-16(23)11-3-1-2-4-12(11)17(21)24/h5-6,9,11-12H,1-4,7-8H2,(H,20,22)/t11-,12-/m0/s1. The lowest BCUT2D eigenvalue weighted by Gasteiger charge is -2.19. The van der Waals surface area contributed by atoms with Crippen molar-refractivity contribution in [3.63, 3.8) is 0 Å². The SMILES string of the molecule is O=C(CCN1C(=O)[C@H]2CCCC[C@@H]2C1=O)Nc1ccc(Cl)cc1F. The van der Waals surface area contributed by atoms with Crippen LogP contribution in [0.3, 0.4) is 0 Å². The van der Waals surface area contributed by atoms with E-state index < -0.39 is 11.7 Å². The number of fused-ring (bicyclic) bond motifs is 1. The van der Waals surface area contributed by atoms with Gasteiger partial charge in [0.2, 0.25) is 17.7 Å². The van der Waals surface area contributed by atoms with Crippen molar-refractivity contribution in [2.45, 2.75) is 32.1 Å². The van der Waals surface area contributed by atoms with Crippen molar-refractivity contribution in [1.29, 1.82) is 0 Å². The highest BCUT2D eigenvalue weighted by atomic mass is 35.5. The largest absolute Gasteiger partial charge is 0.324 e. The van der Waals surface area contributed by atoms with E-state index in [4.69, 9.17) is 11.6 Å². The van der Waals surface area contributed by atoms with Crippen molar-refractivity contribution >= 4 is 35.0 Å². The number of amides is 3. The van der Waals surface area contributed by atoms with E-state index in [0.717, 1.165) is 31.7 Å². The summed E-state index contributed by atoms with van der Waals surface area (Å²) in [6.45, 7) is 0.0334. The minimum absolute atomic E-state index is 0.0251. The first kappa shape index (κ1) is 16.9. The molecule has 2 atom stereocenters. The van der Waals surface area contributed by atoms with E-state index >= 15 is 0 Å². The average molecular weight is 353 g/mol. The number of carbonyl (C=O) groups is 3. The molecule has 1 saturated heterocycles. The maximum atomic E-state index is 13.7. The lowest BCUT2D eigenvalue weighted by atomic mass is 9.81. The van der Waals surface area contributed by atoms with Gasteiger partial charge in [0, 0.05) is 18.0 Å². The molecule has 1 aliphatic heterocycles. The Morgan fingerprint density at radius 3 is 2.42 bits per heavy atom. The molecule has 0 unspecified atom stereocenters. The van der Waals surface area contributed by atoms with Crippen molar-refractivity contribution in [3.05, 3.63) is 29.0 Å². The van der Waals surface area contributed by atoms with Gasteiger partial charge in [-0.25, -0.2) is 4.39 Å². The van der Waals surface area contributed by atoms with Gasteiger partial charge in [0.15, 0.2) is 0 Å². The lowest BCUT2D eigenvalue weighted by Crippen LogP contribution is -2.34. The second kappa shape index (κ2) is 6.89.